The number of aryl methyl sites for hydroxylation is 1. The van der Waals surface area contributed by atoms with Gasteiger partial charge in [0.15, 0.2) is 0 Å². The molecular formula is C19H19N3O4. The van der Waals surface area contributed by atoms with Gasteiger partial charge in [-0.15, -0.1) is 0 Å². The van der Waals surface area contributed by atoms with Crippen LogP contribution in [0.5, 0.6) is 0 Å². The Balaban J connectivity index is 1.53. The summed E-state index contributed by atoms with van der Waals surface area (Å²) in [7, 11) is 0. The second-order valence-corrected chi connectivity index (χ2v) is 5.85. The normalized spacial score (nSPS) is 10.7. The third kappa shape index (κ3) is 4.00. The molecule has 0 unspecified atom stereocenters. The molecule has 0 atom stereocenters. The summed E-state index contributed by atoms with van der Waals surface area (Å²) < 4.78 is 6.88. The number of nitrogens with one attached hydrogen (secondary N) is 2. The van der Waals surface area contributed by atoms with E-state index in [1.165, 1.54) is 6.92 Å². The molecule has 1 aromatic heterocycles. The molecule has 2 N–H and O–H groups in total. The number of esters is 1. The van der Waals surface area contributed by atoms with E-state index < -0.39 is 5.97 Å². The van der Waals surface area contributed by atoms with Crippen LogP contribution >= 0.6 is 0 Å². The first-order valence-corrected chi connectivity index (χ1v) is 8.27. The summed E-state index contributed by atoms with van der Waals surface area (Å²) in [6.45, 7) is 2.08. The van der Waals surface area contributed by atoms with Crippen LogP contribution in [0.4, 0.5) is 5.69 Å². The smallest absolute Gasteiger partial charge is 0.338 e. The molecule has 2 aromatic carbocycles. The maximum atomic E-state index is 12.0. The molecule has 0 saturated carbocycles. The van der Waals surface area contributed by atoms with Crippen molar-refractivity contribution in [2.24, 2.45) is 0 Å². The van der Waals surface area contributed by atoms with E-state index in [0.717, 1.165) is 11.0 Å². The summed E-state index contributed by atoms with van der Waals surface area (Å²) in [4.78, 5) is 37.8. The first kappa shape index (κ1) is 17.5. The number of ether oxygens (including phenoxy) is 1. The molecule has 0 fully saturated rings. The number of para-hydroxylation sites is 2. The van der Waals surface area contributed by atoms with E-state index in [9.17, 15) is 14.4 Å². The molecule has 0 bridgehead atoms. The fraction of sp³-hybridized carbons (Fsp3) is 0.211. The second-order valence-electron chi connectivity index (χ2n) is 5.85. The van der Waals surface area contributed by atoms with Gasteiger partial charge in [-0.25, -0.2) is 9.59 Å². The quantitative estimate of drug-likeness (QED) is 0.526. The predicted octanol–water partition coefficient (Wildman–Crippen LogP) is 2.54. The lowest BCUT2D eigenvalue weighted by Gasteiger charge is -2.07. The van der Waals surface area contributed by atoms with Crippen LogP contribution in [0.25, 0.3) is 11.0 Å². The van der Waals surface area contributed by atoms with Gasteiger partial charge in [-0.05, 0) is 42.8 Å². The standard InChI is InChI=1S/C19H19N3O4/c1-13(23)20-15-9-7-14(8-10-15)18(24)26-12-4-11-22-17-6-3-2-5-16(17)21-19(22)25/h2-3,5-10H,4,11-12H2,1H3,(H,20,23)(H,21,25). The number of anilines is 1. The van der Waals surface area contributed by atoms with Gasteiger partial charge in [0.1, 0.15) is 0 Å². The van der Waals surface area contributed by atoms with Crippen molar-refractivity contribution in [3.63, 3.8) is 0 Å². The Hall–Kier alpha value is -3.35. The van der Waals surface area contributed by atoms with Crippen LogP contribution in [0, 0.1) is 0 Å². The van der Waals surface area contributed by atoms with Crippen LogP contribution < -0.4 is 11.0 Å². The van der Waals surface area contributed by atoms with Crippen LogP contribution in [-0.2, 0) is 16.1 Å². The number of carbonyl (C=O) groups excluding carboxylic acids is 2. The maximum absolute atomic E-state index is 12.0. The van der Waals surface area contributed by atoms with E-state index >= 15 is 0 Å². The fourth-order valence-electron chi connectivity index (χ4n) is 2.69. The van der Waals surface area contributed by atoms with Crippen LogP contribution in [0.2, 0.25) is 0 Å². The van der Waals surface area contributed by atoms with Crippen molar-refractivity contribution in [2.45, 2.75) is 19.9 Å². The Morgan fingerprint density at radius 3 is 2.58 bits per heavy atom. The van der Waals surface area contributed by atoms with Gasteiger partial charge in [0.25, 0.3) is 0 Å². The highest BCUT2D eigenvalue weighted by molar-refractivity contribution is 5.92. The highest BCUT2D eigenvalue weighted by atomic mass is 16.5. The predicted molar refractivity (Wildman–Crippen MR) is 98.2 cm³/mol. The van der Waals surface area contributed by atoms with Crippen molar-refractivity contribution < 1.29 is 14.3 Å². The molecule has 1 amide bonds. The van der Waals surface area contributed by atoms with Gasteiger partial charge in [0.2, 0.25) is 5.91 Å². The molecule has 0 aliphatic carbocycles. The highest BCUT2D eigenvalue weighted by Gasteiger charge is 2.09. The minimum Gasteiger partial charge on any atom is -0.462 e. The van der Waals surface area contributed by atoms with E-state index in [1.54, 1.807) is 28.8 Å². The summed E-state index contributed by atoms with van der Waals surface area (Å²) in [5.74, 6) is -0.613. The molecule has 0 radical (unpaired) electrons. The van der Waals surface area contributed by atoms with E-state index in [0.29, 0.717) is 24.2 Å². The molecule has 0 aliphatic heterocycles. The topological polar surface area (TPSA) is 93.2 Å². The van der Waals surface area contributed by atoms with Crippen molar-refractivity contribution in [3.05, 3.63) is 64.6 Å². The molecule has 0 aliphatic rings. The van der Waals surface area contributed by atoms with E-state index in [1.807, 2.05) is 24.3 Å². The molecule has 0 saturated heterocycles. The van der Waals surface area contributed by atoms with Crippen molar-refractivity contribution in [1.82, 2.24) is 9.55 Å². The second kappa shape index (κ2) is 7.69. The van der Waals surface area contributed by atoms with Crippen LogP contribution in [0.1, 0.15) is 23.7 Å². The van der Waals surface area contributed by atoms with Gasteiger partial charge >= 0.3 is 11.7 Å². The van der Waals surface area contributed by atoms with Gasteiger partial charge in [-0.2, -0.15) is 0 Å². The minimum absolute atomic E-state index is 0.173. The van der Waals surface area contributed by atoms with Gasteiger partial charge < -0.3 is 15.0 Å². The molecular weight excluding hydrogens is 334 g/mol. The fourth-order valence-corrected chi connectivity index (χ4v) is 2.69. The third-order valence-corrected chi connectivity index (χ3v) is 3.88. The zero-order valence-corrected chi connectivity index (χ0v) is 14.3. The molecule has 7 heteroatoms. The largest absolute Gasteiger partial charge is 0.462 e. The molecule has 1 heterocycles. The lowest BCUT2D eigenvalue weighted by Crippen LogP contribution is -2.18. The summed E-state index contributed by atoms with van der Waals surface area (Å²) >= 11 is 0. The molecule has 7 nitrogen and oxygen atoms in total. The zero-order valence-electron chi connectivity index (χ0n) is 14.3. The number of amides is 1. The molecule has 134 valence electrons. The third-order valence-electron chi connectivity index (χ3n) is 3.88. The number of hydrogen-bond acceptors (Lipinski definition) is 4. The number of rotatable bonds is 6. The van der Waals surface area contributed by atoms with Crippen LogP contribution in [0.3, 0.4) is 0 Å². The van der Waals surface area contributed by atoms with Gasteiger partial charge in [0, 0.05) is 19.2 Å². The maximum Gasteiger partial charge on any atom is 0.338 e. The lowest BCUT2D eigenvalue weighted by atomic mass is 10.2. The van der Waals surface area contributed by atoms with E-state index in [2.05, 4.69) is 10.3 Å². The number of carbonyl (C=O) groups is 2. The monoisotopic (exact) mass is 353 g/mol. The minimum atomic E-state index is -0.439. The number of fused-ring (bicyclic) bond motifs is 1. The van der Waals surface area contributed by atoms with Crippen molar-refractivity contribution >= 4 is 28.6 Å². The highest BCUT2D eigenvalue weighted by Crippen LogP contribution is 2.11. The molecule has 26 heavy (non-hydrogen) atoms. The van der Waals surface area contributed by atoms with Gasteiger partial charge in [-0.3, -0.25) is 9.36 Å². The zero-order chi connectivity index (χ0) is 18.5. The van der Waals surface area contributed by atoms with E-state index in [4.69, 9.17) is 4.74 Å². The number of H-pyrrole nitrogens is 1. The number of nitrogens with zero attached hydrogens (tertiary/aromatic N) is 1. The lowest BCUT2D eigenvalue weighted by molar-refractivity contribution is -0.114. The summed E-state index contributed by atoms with van der Waals surface area (Å²) in [5, 5.41) is 2.63. The van der Waals surface area contributed by atoms with Crippen molar-refractivity contribution in [1.29, 1.82) is 0 Å². The summed E-state index contributed by atoms with van der Waals surface area (Å²) in [5.41, 5.74) is 2.47. The summed E-state index contributed by atoms with van der Waals surface area (Å²) in [6.07, 6.45) is 0.525. The Kier molecular flexibility index (Phi) is 5.17. The van der Waals surface area contributed by atoms with Gasteiger partial charge in [0.05, 0.1) is 23.2 Å². The van der Waals surface area contributed by atoms with Crippen molar-refractivity contribution in [2.75, 3.05) is 11.9 Å². The molecule has 3 rings (SSSR count). The average molecular weight is 353 g/mol. The van der Waals surface area contributed by atoms with Crippen LogP contribution in [-0.4, -0.2) is 28.0 Å². The number of imidazole rings is 1. The first-order valence-electron chi connectivity index (χ1n) is 8.27. The Morgan fingerprint density at radius 2 is 1.85 bits per heavy atom. The Labute approximate surface area is 149 Å². The first-order chi connectivity index (χ1) is 12.5. The number of aromatic nitrogens is 2. The molecule has 0 spiro atoms. The van der Waals surface area contributed by atoms with Crippen molar-refractivity contribution in [3.8, 4) is 0 Å². The number of benzene rings is 2. The van der Waals surface area contributed by atoms with Gasteiger partial charge in [-0.1, -0.05) is 12.1 Å². The summed E-state index contributed by atoms with van der Waals surface area (Å²) in [6, 6.07) is 13.9. The average Bonchev–Trinajstić information content (AvgIpc) is 2.94. The van der Waals surface area contributed by atoms with Crippen LogP contribution in [0.15, 0.2) is 53.3 Å². The number of aromatic amines is 1. The van der Waals surface area contributed by atoms with E-state index in [-0.39, 0.29) is 18.2 Å². The SMILES string of the molecule is CC(=O)Nc1ccc(C(=O)OCCCn2c(=O)[nH]c3ccccc32)cc1. The Morgan fingerprint density at radius 1 is 1.12 bits per heavy atom. The molecule has 3 aromatic rings. The Bertz CT molecular complexity index is 986. The number of hydrogen-bond donors (Lipinski definition) is 2.